The number of likely N-dealkylation sites (tertiary alicyclic amines) is 1. The zero-order valence-corrected chi connectivity index (χ0v) is 15.8. The maximum absolute atomic E-state index is 12.4. The van der Waals surface area contributed by atoms with Gasteiger partial charge in [0.2, 0.25) is 5.91 Å². The van der Waals surface area contributed by atoms with E-state index in [0.29, 0.717) is 30.3 Å². The van der Waals surface area contributed by atoms with Gasteiger partial charge in [-0.05, 0) is 57.2 Å². The van der Waals surface area contributed by atoms with Gasteiger partial charge in [0.05, 0.1) is 13.2 Å². The van der Waals surface area contributed by atoms with Crippen molar-refractivity contribution in [2.45, 2.75) is 52.0 Å². The Kier molecular flexibility index (Phi) is 7.98. The minimum absolute atomic E-state index is 0.182. The minimum atomic E-state index is 0.182. The van der Waals surface area contributed by atoms with Crippen molar-refractivity contribution in [3.05, 3.63) is 0 Å². The van der Waals surface area contributed by atoms with Gasteiger partial charge < -0.3 is 15.3 Å². The summed E-state index contributed by atoms with van der Waals surface area (Å²) in [6.45, 7) is 9.28. The molecule has 1 aliphatic carbocycles. The predicted molar refractivity (Wildman–Crippen MR) is 97.9 cm³/mol. The Morgan fingerprint density at radius 1 is 1.21 bits per heavy atom. The Labute approximate surface area is 147 Å². The molecule has 5 heteroatoms. The molecule has 140 valence electrons. The number of carbonyl (C=O) groups is 1. The van der Waals surface area contributed by atoms with Crippen molar-refractivity contribution >= 4 is 5.91 Å². The summed E-state index contributed by atoms with van der Waals surface area (Å²) in [5.74, 6) is 2.15. The third-order valence-electron chi connectivity index (χ3n) is 6.16. The molecule has 0 aromatic heterocycles. The number of aliphatic hydroxyl groups excluding tert-OH is 1. The molecule has 5 nitrogen and oxygen atoms in total. The fourth-order valence-corrected chi connectivity index (χ4v) is 4.32. The molecule has 3 atom stereocenters. The lowest BCUT2D eigenvalue weighted by Crippen LogP contribution is -2.47. The molecule has 0 spiro atoms. The fourth-order valence-electron chi connectivity index (χ4n) is 4.32. The highest BCUT2D eigenvalue weighted by molar-refractivity contribution is 5.78. The quantitative estimate of drug-likeness (QED) is 0.739. The highest BCUT2D eigenvalue weighted by atomic mass is 16.3. The Morgan fingerprint density at radius 2 is 1.92 bits per heavy atom. The summed E-state index contributed by atoms with van der Waals surface area (Å²) >= 11 is 0. The third-order valence-corrected chi connectivity index (χ3v) is 6.16. The van der Waals surface area contributed by atoms with E-state index < -0.39 is 0 Å². The van der Waals surface area contributed by atoms with Crippen LogP contribution in [-0.2, 0) is 4.79 Å². The van der Waals surface area contributed by atoms with Crippen LogP contribution in [0.3, 0.4) is 0 Å². The summed E-state index contributed by atoms with van der Waals surface area (Å²) < 4.78 is 0. The Morgan fingerprint density at radius 3 is 2.58 bits per heavy atom. The monoisotopic (exact) mass is 339 g/mol. The molecule has 2 rings (SSSR count). The second-order valence-corrected chi connectivity index (χ2v) is 8.15. The van der Waals surface area contributed by atoms with Crippen molar-refractivity contribution in [2.24, 2.45) is 17.8 Å². The molecule has 1 aliphatic heterocycles. The number of piperidine rings is 1. The largest absolute Gasteiger partial charge is 0.395 e. The summed E-state index contributed by atoms with van der Waals surface area (Å²) in [4.78, 5) is 16.9. The number of rotatable bonds is 7. The van der Waals surface area contributed by atoms with Gasteiger partial charge in [0, 0.05) is 19.1 Å². The van der Waals surface area contributed by atoms with Gasteiger partial charge in [0.15, 0.2) is 0 Å². The normalized spacial score (nSPS) is 29.8. The van der Waals surface area contributed by atoms with Crippen molar-refractivity contribution in [3.63, 3.8) is 0 Å². The Bertz CT molecular complexity index is 383. The molecule has 1 heterocycles. The molecular formula is C19H37N3O2. The SMILES string of the molecule is C[C@@H]1[C@H](C)CCC[C@@H]1NC(=O)CN(C)CC1CCN(CCO)CC1. The number of carbonyl (C=O) groups excluding carboxylic acids is 1. The van der Waals surface area contributed by atoms with Crippen molar-refractivity contribution in [3.8, 4) is 0 Å². The van der Waals surface area contributed by atoms with E-state index in [1.54, 1.807) is 0 Å². The van der Waals surface area contributed by atoms with Gasteiger partial charge in [-0.3, -0.25) is 9.69 Å². The summed E-state index contributed by atoms with van der Waals surface area (Å²) in [6, 6.07) is 0.358. The molecule has 2 aliphatic rings. The molecule has 0 bridgehead atoms. The summed E-state index contributed by atoms with van der Waals surface area (Å²) in [6.07, 6.45) is 6.00. The molecule has 1 saturated heterocycles. The first-order chi connectivity index (χ1) is 11.5. The van der Waals surface area contributed by atoms with Crippen LogP contribution in [0, 0.1) is 17.8 Å². The molecule has 2 fully saturated rings. The number of likely N-dealkylation sites (N-methyl/N-ethyl adjacent to an activating group) is 1. The maximum atomic E-state index is 12.4. The van der Waals surface area contributed by atoms with Crippen LogP contribution < -0.4 is 5.32 Å². The standard InChI is InChI=1S/C19H37N3O2/c1-15-5-4-6-18(16(15)2)20-19(24)14-21(3)13-17-7-9-22(10-8-17)11-12-23/h15-18,23H,4-14H2,1-3H3,(H,20,24)/t15-,16-,18+/m1/s1. The van der Waals surface area contributed by atoms with Crippen LogP contribution in [0.5, 0.6) is 0 Å². The zero-order valence-electron chi connectivity index (χ0n) is 15.8. The first-order valence-electron chi connectivity index (χ1n) is 9.80. The topological polar surface area (TPSA) is 55.8 Å². The number of amides is 1. The van der Waals surface area contributed by atoms with E-state index in [9.17, 15) is 4.79 Å². The lowest BCUT2D eigenvalue weighted by molar-refractivity contribution is -0.123. The van der Waals surface area contributed by atoms with Crippen LogP contribution in [0.2, 0.25) is 0 Å². The van der Waals surface area contributed by atoms with E-state index >= 15 is 0 Å². The van der Waals surface area contributed by atoms with Crippen molar-refractivity contribution < 1.29 is 9.90 Å². The summed E-state index contributed by atoms with van der Waals surface area (Å²) in [5, 5.41) is 12.3. The second-order valence-electron chi connectivity index (χ2n) is 8.15. The van der Waals surface area contributed by atoms with Crippen LogP contribution in [0.4, 0.5) is 0 Å². The molecular weight excluding hydrogens is 302 g/mol. The first-order valence-corrected chi connectivity index (χ1v) is 9.80. The van der Waals surface area contributed by atoms with Crippen LogP contribution in [0.25, 0.3) is 0 Å². The average molecular weight is 340 g/mol. The fraction of sp³-hybridized carbons (Fsp3) is 0.947. The molecule has 1 saturated carbocycles. The molecule has 24 heavy (non-hydrogen) atoms. The van der Waals surface area contributed by atoms with E-state index in [2.05, 4.69) is 36.0 Å². The molecule has 2 N–H and O–H groups in total. The molecule has 1 amide bonds. The van der Waals surface area contributed by atoms with Gasteiger partial charge in [-0.2, -0.15) is 0 Å². The lowest BCUT2D eigenvalue weighted by atomic mass is 9.78. The highest BCUT2D eigenvalue weighted by Crippen LogP contribution is 2.29. The molecule has 0 aromatic rings. The van der Waals surface area contributed by atoms with E-state index in [0.717, 1.165) is 32.6 Å². The van der Waals surface area contributed by atoms with Crippen LogP contribution in [0.15, 0.2) is 0 Å². The lowest BCUT2D eigenvalue weighted by Gasteiger charge is -2.35. The maximum Gasteiger partial charge on any atom is 0.234 e. The number of hydrogen-bond acceptors (Lipinski definition) is 4. The van der Waals surface area contributed by atoms with Gasteiger partial charge in [-0.25, -0.2) is 0 Å². The van der Waals surface area contributed by atoms with Crippen molar-refractivity contribution in [2.75, 3.05) is 46.4 Å². The number of hydrogen-bond donors (Lipinski definition) is 2. The minimum Gasteiger partial charge on any atom is -0.395 e. The number of nitrogens with zero attached hydrogens (tertiary/aromatic N) is 2. The van der Waals surface area contributed by atoms with E-state index in [1.807, 2.05) is 0 Å². The van der Waals surface area contributed by atoms with Crippen molar-refractivity contribution in [1.82, 2.24) is 15.1 Å². The van der Waals surface area contributed by atoms with Gasteiger partial charge in [-0.15, -0.1) is 0 Å². The van der Waals surface area contributed by atoms with Gasteiger partial charge in [-0.1, -0.05) is 26.7 Å². The second kappa shape index (κ2) is 9.73. The average Bonchev–Trinajstić information content (AvgIpc) is 2.54. The van der Waals surface area contributed by atoms with Crippen LogP contribution >= 0.6 is 0 Å². The zero-order chi connectivity index (χ0) is 17.5. The first kappa shape index (κ1) is 19.7. The van der Waals surface area contributed by atoms with Crippen LogP contribution in [-0.4, -0.2) is 73.2 Å². The van der Waals surface area contributed by atoms with E-state index in [4.69, 9.17) is 5.11 Å². The van der Waals surface area contributed by atoms with Gasteiger partial charge in [0.1, 0.15) is 0 Å². The predicted octanol–water partition coefficient (Wildman–Crippen LogP) is 1.56. The van der Waals surface area contributed by atoms with E-state index in [1.165, 1.54) is 25.7 Å². The third kappa shape index (κ3) is 6.01. The number of aliphatic hydroxyl groups is 1. The Hall–Kier alpha value is -0.650. The smallest absolute Gasteiger partial charge is 0.234 e. The summed E-state index contributed by atoms with van der Waals surface area (Å²) in [7, 11) is 2.06. The number of β-amino-alcohol motifs (C(OH)–C–C–N with tert-alkyl or cyclic N) is 1. The van der Waals surface area contributed by atoms with Crippen LogP contribution in [0.1, 0.15) is 46.0 Å². The van der Waals surface area contributed by atoms with Crippen molar-refractivity contribution in [1.29, 1.82) is 0 Å². The van der Waals surface area contributed by atoms with Gasteiger partial charge >= 0.3 is 0 Å². The molecule has 0 unspecified atom stereocenters. The highest BCUT2D eigenvalue weighted by Gasteiger charge is 2.28. The Balaban J connectivity index is 1.66. The van der Waals surface area contributed by atoms with E-state index in [-0.39, 0.29) is 12.5 Å². The molecule has 0 radical (unpaired) electrons. The number of nitrogens with one attached hydrogen (secondary N) is 1. The summed E-state index contributed by atoms with van der Waals surface area (Å²) in [5.41, 5.74) is 0. The molecule has 0 aromatic carbocycles. The van der Waals surface area contributed by atoms with Gasteiger partial charge in [0.25, 0.3) is 0 Å².